The molecule has 19 heavy (non-hydrogen) atoms. The van der Waals surface area contributed by atoms with E-state index in [0.29, 0.717) is 6.61 Å². The van der Waals surface area contributed by atoms with Crippen LogP contribution in [0.1, 0.15) is 34.1 Å². The van der Waals surface area contributed by atoms with Gasteiger partial charge in [0.15, 0.2) is 0 Å². The summed E-state index contributed by atoms with van der Waals surface area (Å²) in [5.41, 5.74) is -0.219. The van der Waals surface area contributed by atoms with Gasteiger partial charge in [0.1, 0.15) is 6.04 Å². The molecule has 5 heteroatoms. The van der Waals surface area contributed by atoms with E-state index in [1.54, 1.807) is 7.11 Å². The smallest absolute Gasteiger partial charge is 0.240 e. The minimum Gasteiger partial charge on any atom is -0.378 e. The molecule has 1 aliphatic heterocycles. The molecule has 2 unspecified atom stereocenters. The third kappa shape index (κ3) is 2.39. The number of morpholine rings is 1. The van der Waals surface area contributed by atoms with E-state index in [0.717, 1.165) is 13.0 Å². The van der Waals surface area contributed by atoms with Crippen molar-refractivity contribution in [2.24, 2.45) is 5.41 Å². The topological polar surface area (TPSA) is 59.6 Å². The lowest BCUT2D eigenvalue weighted by atomic mass is 9.55. The zero-order chi connectivity index (χ0) is 14.3. The van der Waals surface area contributed by atoms with Crippen LogP contribution >= 0.6 is 0 Å². The molecule has 0 aromatic heterocycles. The van der Waals surface area contributed by atoms with Crippen LogP contribution in [0.5, 0.6) is 0 Å². The third-order valence-electron chi connectivity index (χ3n) is 5.19. The normalized spacial score (nSPS) is 41.4. The van der Waals surface area contributed by atoms with Gasteiger partial charge >= 0.3 is 0 Å². The quantitative estimate of drug-likeness (QED) is 0.792. The molecule has 5 nitrogen and oxygen atoms in total. The molecule has 0 bridgehead atoms. The lowest BCUT2D eigenvalue weighted by molar-refractivity contribution is -0.183. The Morgan fingerprint density at radius 2 is 2.11 bits per heavy atom. The number of rotatable bonds is 3. The first-order valence-electron chi connectivity index (χ1n) is 7.02. The van der Waals surface area contributed by atoms with Crippen LogP contribution in [0, 0.1) is 5.41 Å². The molecule has 1 amide bonds. The van der Waals surface area contributed by atoms with Crippen LogP contribution in [0.2, 0.25) is 0 Å². The number of amides is 1. The molecule has 0 spiro atoms. The average Bonchev–Trinajstić information content (AvgIpc) is 2.38. The Morgan fingerprint density at radius 1 is 1.42 bits per heavy atom. The highest BCUT2D eigenvalue weighted by atomic mass is 16.5. The Morgan fingerprint density at radius 3 is 2.63 bits per heavy atom. The molecule has 0 radical (unpaired) electrons. The first-order chi connectivity index (χ1) is 8.82. The predicted octanol–water partition coefficient (Wildman–Crippen LogP) is 0.683. The van der Waals surface area contributed by atoms with E-state index in [4.69, 9.17) is 9.47 Å². The second-order valence-electron chi connectivity index (χ2n) is 6.43. The van der Waals surface area contributed by atoms with Gasteiger partial charge in [0.05, 0.1) is 18.3 Å². The molecule has 1 saturated heterocycles. The molecule has 2 aliphatic rings. The molecule has 2 rings (SSSR count). The second-order valence-corrected chi connectivity index (χ2v) is 6.43. The van der Waals surface area contributed by atoms with E-state index in [1.807, 2.05) is 6.92 Å². The Kier molecular flexibility index (Phi) is 3.91. The molecule has 0 aromatic carbocycles. The fraction of sp³-hybridized carbons (Fsp3) is 0.929. The van der Waals surface area contributed by atoms with Crippen LogP contribution in [0.3, 0.4) is 0 Å². The molecular formula is C14H26N2O3. The molecule has 0 aromatic rings. The lowest BCUT2D eigenvalue weighted by Gasteiger charge is -2.59. The number of nitrogens with one attached hydrogen (secondary N) is 2. The van der Waals surface area contributed by atoms with E-state index in [9.17, 15) is 4.79 Å². The first-order valence-corrected chi connectivity index (χ1v) is 7.02. The van der Waals surface area contributed by atoms with Gasteiger partial charge in [-0.25, -0.2) is 0 Å². The minimum atomic E-state index is -0.251. The van der Waals surface area contributed by atoms with Crippen molar-refractivity contribution in [1.29, 1.82) is 0 Å². The van der Waals surface area contributed by atoms with Crippen molar-refractivity contribution >= 4 is 5.91 Å². The highest BCUT2D eigenvalue weighted by molar-refractivity contribution is 5.83. The number of hydrogen-bond donors (Lipinski definition) is 2. The van der Waals surface area contributed by atoms with Gasteiger partial charge in [-0.15, -0.1) is 0 Å². The maximum absolute atomic E-state index is 12.3. The van der Waals surface area contributed by atoms with E-state index in [1.165, 1.54) is 0 Å². The van der Waals surface area contributed by atoms with Crippen LogP contribution in [0.25, 0.3) is 0 Å². The van der Waals surface area contributed by atoms with Gasteiger partial charge < -0.3 is 20.1 Å². The molecule has 2 fully saturated rings. The Bertz CT molecular complexity index is 359. The number of ether oxygens (including phenoxy) is 2. The summed E-state index contributed by atoms with van der Waals surface area (Å²) in [5.74, 6) is 0.0310. The molecule has 1 heterocycles. The molecule has 1 aliphatic carbocycles. The summed E-state index contributed by atoms with van der Waals surface area (Å²) >= 11 is 0. The minimum absolute atomic E-state index is 0.0310. The molecule has 110 valence electrons. The maximum atomic E-state index is 12.3. The third-order valence-corrected chi connectivity index (χ3v) is 5.19. The van der Waals surface area contributed by atoms with E-state index in [-0.39, 0.29) is 35.1 Å². The van der Waals surface area contributed by atoms with Gasteiger partial charge in [0, 0.05) is 25.1 Å². The second kappa shape index (κ2) is 5.04. The summed E-state index contributed by atoms with van der Waals surface area (Å²) in [6.07, 6.45) is 0.773. The molecular weight excluding hydrogens is 244 g/mol. The maximum Gasteiger partial charge on any atom is 0.240 e. The monoisotopic (exact) mass is 270 g/mol. The van der Waals surface area contributed by atoms with Gasteiger partial charge in [-0.1, -0.05) is 13.8 Å². The van der Waals surface area contributed by atoms with Crippen LogP contribution in [-0.2, 0) is 14.3 Å². The van der Waals surface area contributed by atoms with Crippen molar-refractivity contribution in [3.05, 3.63) is 0 Å². The van der Waals surface area contributed by atoms with Crippen molar-refractivity contribution in [3.63, 3.8) is 0 Å². The van der Waals surface area contributed by atoms with Crippen molar-refractivity contribution < 1.29 is 14.3 Å². The number of carbonyl (C=O) groups is 1. The number of carbonyl (C=O) groups excluding carboxylic acids is 1. The largest absolute Gasteiger partial charge is 0.378 e. The summed E-state index contributed by atoms with van der Waals surface area (Å²) < 4.78 is 11.1. The van der Waals surface area contributed by atoms with Crippen molar-refractivity contribution in [1.82, 2.24) is 10.6 Å². The fourth-order valence-corrected chi connectivity index (χ4v) is 3.01. The number of methoxy groups -OCH3 is 1. The SMILES string of the molecule is COC1(C)CC(NC(=O)[C@H]2NCCO[C@@H]2C)C1(C)C. The number of hydrogen-bond acceptors (Lipinski definition) is 4. The van der Waals surface area contributed by atoms with E-state index in [2.05, 4.69) is 31.4 Å². The van der Waals surface area contributed by atoms with Gasteiger partial charge in [-0.05, 0) is 20.3 Å². The Balaban J connectivity index is 1.94. The summed E-state index contributed by atoms with van der Waals surface area (Å²) in [4.78, 5) is 12.3. The molecule has 1 saturated carbocycles. The molecule has 2 N–H and O–H groups in total. The van der Waals surface area contributed by atoms with Crippen LogP contribution < -0.4 is 10.6 Å². The lowest BCUT2D eigenvalue weighted by Crippen LogP contribution is -2.70. The van der Waals surface area contributed by atoms with Crippen molar-refractivity contribution in [2.75, 3.05) is 20.3 Å². The van der Waals surface area contributed by atoms with E-state index < -0.39 is 0 Å². The standard InChI is InChI=1S/C14H26N2O3/c1-9-11(15-6-7-19-9)12(17)16-10-8-14(4,18-5)13(10,2)3/h9-11,15H,6-8H2,1-5H3,(H,16,17)/t9-,10?,11+,14?/m1/s1. The fourth-order valence-electron chi connectivity index (χ4n) is 3.01. The summed E-state index contributed by atoms with van der Waals surface area (Å²) in [7, 11) is 1.73. The van der Waals surface area contributed by atoms with Crippen LogP contribution in [0.15, 0.2) is 0 Å². The first kappa shape index (κ1) is 14.8. The summed E-state index contributed by atoms with van der Waals surface area (Å²) in [6, 6.07) is -0.0974. The van der Waals surface area contributed by atoms with Crippen molar-refractivity contribution in [2.45, 2.75) is 57.9 Å². The van der Waals surface area contributed by atoms with Crippen molar-refractivity contribution in [3.8, 4) is 0 Å². The predicted molar refractivity (Wildman–Crippen MR) is 72.9 cm³/mol. The van der Waals surface area contributed by atoms with Crippen LogP contribution in [-0.4, -0.2) is 50.0 Å². The van der Waals surface area contributed by atoms with Gasteiger partial charge in [0.2, 0.25) is 5.91 Å². The average molecular weight is 270 g/mol. The summed E-state index contributed by atoms with van der Waals surface area (Å²) in [6.45, 7) is 9.70. The van der Waals surface area contributed by atoms with Gasteiger partial charge in [-0.3, -0.25) is 4.79 Å². The van der Waals surface area contributed by atoms with Gasteiger partial charge in [0.25, 0.3) is 0 Å². The zero-order valence-electron chi connectivity index (χ0n) is 12.6. The van der Waals surface area contributed by atoms with Gasteiger partial charge in [-0.2, -0.15) is 0 Å². The van der Waals surface area contributed by atoms with Crippen LogP contribution in [0.4, 0.5) is 0 Å². The Labute approximate surface area is 115 Å². The zero-order valence-corrected chi connectivity index (χ0v) is 12.6. The highest BCUT2D eigenvalue weighted by Crippen LogP contribution is 2.51. The Hall–Kier alpha value is -0.650. The summed E-state index contributed by atoms with van der Waals surface area (Å²) in [5, 5.41) is 6.35. The molecule has 4 atom stereocenters. The highest BCUT2D eigenvalue weighted by Gasteiger charge is 2.58. The van der Waals surface area contributed by atoms with E-state index >= 15 is 0 Å².